The number of aromatic amines is 1. The molecule has 3 N–H and O–H groups in total. The molecule has 0 aliphatic rings. The molecule has 4 nitrogen and oxygen atoms in total. The molecule has 1 aromatic heterocycles. The molecule has 0 fully saturated rings. The molecule has 0 radical (unpaired) electrons. The monoisotopic (exact) mass is 540 g/mol. The van der Waals surface area contributed by atoms with Gasteiger partial charge in [0, 0.05) is 27.2 Å². The summed E-state index contributed by atoms with van der Waals surface area (Å²) in [5.74, 6) is 0. The van der Waals surface area contributed by atoms with E-state index in [1.165, 1.54) is 6.21 Å². The molecule has 0 amide bonds. The fraction of sp³-hybridized carbons (Fsp3) is 0.0833. The van der Waals surface area contributed by atoms with E-state index < -0.39 is 29.2 Å². The van der Waals surface area contributed by atoms with Gasteiger partial charge in [0.15, 0.2) is 5.11 Å². The molecule has 0 spiro atoms. The van der Waals surface area contributed by atoms with Crippen molar-refractivity contribution < 1.29 is 26.3 Å². The van der Waals surface area contributed by atoms with Crippen molar-refractivity contribution in [2.45, 2.75) is 12.4 Å². The van der Waals surface area contributed by atoms with Gasteiger partial charge in [-0.25, -0.2) is 0 Å². The highest BCUT2D eigenvalue weighted by molar-refractivity contribution is 7.80. The van der Waals surface area contributed by atoms with Crippen LogP contribution in [0.25, 0.3) is 22.2 Å². The van der Waals surface area contributed by atoms with Gasteiger partial charge in [0.05, 0.1) is 23.0 Å². The molecular weight excluding hydrogens is 526 g/mol. The summed E-state index contributed by atoms with van der Waals surface area (Å²) in [4.78, 5) is 3.29. The van der Waals surface area contributed by atoms with Gasteiger partial charge in [-0.2, -0.15) is 31.4 Å². The smallest absolute Gasteiger partial charge is 0.354 e. The Labute approximate surface area is 211 Å². The quantitative estimate of drug-likeness (QED) is 0.107. The fourth-order valence-electron chi connectivity index (χ4n) is 3.48. The molecule has 0 aliphatic heterocycles. The van der Waals surface area contributed by atoms with Crippen molar-refractivity contribution >= 4 is 51.7 Å². The van der Waals surface area contributed by atoms with E-state index in [9.17, 15) is 26.3 Å². The Kier molecular flexibility index (Phi) is 6.96. The molecule has 186 valence electrons. The molecule has 0 saturated heterocycles. The largest absolute Gasteiger partial charge is 0.416 e. The zero-order valence-electron chi connectivity index (χ0n) is 17.9. The van der Waals surface area contributed by atoms with Crippen LogP contribution in [0.4, 0.5) is 32.0 Å². The van der Waals surface area contributed by atoms with Crippen molar-refractivity contribution in [3.8, 4) is 11.3 Å². The zero-order chi connectivity index (χ0) is 26.1. The van der Waals surface area contributed by atoms with E-state index in [4.69, 9.17) is 23.8 Å². The topological polar surface area (TPSA) is 52.2 Å². The predicted octanol–water partition coefficient (Wildman–Crippen LogP) is 7.85. The summed E-state index contributed by atoms with van der Waals surface area (Å²) in [6.07, 6.45) is -8.50. The molecule has 0 atom stereocenters. The molecular formula is C24H15ClF6N4S. The Morgan fingerprint density at radius 2 is 1.50 bits per heavy atom. The number of aromatic nitrogens is 1. The Morgan fingerprint density at radius 3 is 2.11 bits per heavy atom. The zero-order valence-corrected chi connectivity index (χ0v) is 19.5. The predicted molar refractivity (Wildman–Crippen MR) is 132 cm³/mol. The first kappa shape index (κ1) is 25.5. The van der Waals surface area contributed by atoms with Gasteiger partial charge in [-0.05, 0) is 54.2 Å². The highest BCUT2D eigenvalue weighted by Gasteiger charge is 2.37. The molecule has 0 aliphatic carbocycles. The number of fused-ring (bicyclic) bond motifs is 1. The van der Waals surface area contributed by atoms with E-state index in [0.717, 1.165) is 22.2 Å². The first-order valence-corrected chi connectivity index (χ1v) is 11.0. The van der Waals surface area contributed by atoms with Crippen LogP contribution in [-0.2, 0) is 12.4 Å². The maximum atomic E-state index is 13.1. The van der Waals surface area contributed by atoms with Crippen molar-refractivity contribution in [1.29, 1.82) is 0 Å². The number of rotatable bonds is 4. The number of nitrogens with zero attached hydrogens (tertiary/aromatic N) is 1. The summed E-state index contributed by atoms with van der Waals surface area (Å²) in [6, 6.07) is 15.6. The average Bonchev–Trinajstić information content (AvgIpc) is 3.17. The van der Waals surface area contributed by atoms with Crippen LogP contribution < -0.4 is 10.7 Å². The average molecular weight is 541 g/mol. The van der Waals surface area contributed by atoms with E-state index in [1.54, 1.807) is 12.1 Å². The number of hydrogen-bond donors (Lipinski definition) is 3. The van der Waals surface area contributed by atoms with Crippen molar-refractivity contribution in [2.24, 2.45) is 5.10 Å². The van der Waals surface area contributed by atoms with Crippen LogP contribution in [0.1, 0.15) is 16.7 Å². The minimum Gasteiger partial charge on any atom is -0.354 e. The summed E-state index contributed by atoms with van der Waals surface area (Å²) >= 11 is 11.0. The minimum atomic E-state index is -4.97. The number of hydrazone groups is 1. The third-order valence-electron chi connectivity index (χ3n) is 5.08. The van der Waals surface area contributed by atoms with Crippen LogP contribution in [0.3, 0.4) is 0 Å². The van der Waals surface area contributed by atoms with Crippen molar-refractivity contribution in [2.75, 3.05) is 5.32 Å². The van der Waals surface area contributed by atoms with Gasteiger partial charge in [-0.1, -0.05) is 41.9 Å². The van der Waals surface area contributed by atoms with Gasteiger partial charge < -0.3 is 10.3 Å². The van der Waals surface area contributed by atoms with Crippen LogP contribution in [0, 0.1) is 0 Å². The number of alkyl halides is 6. The Balaban J connectivity index is 1.58. The van der Waals surface area contributed by atoms with Gasteiger partial charge in [0.25, 0.3) is 0 Å². The van der Waals surface area contributed by atoms with Gasteiger partial charge in [0.2, 0.25) is 0 Å². The molecule has 0 unspecified atom stereocenters. The highest BCUT2D eigenvalue weighted by atomic mass is 35.5. The summed E-state index contributed by atoms with van der Waals surface area (Å²) in [6.45, 7) is 0. The van der Waals surface area contributed by atoms with Crippen LogP contribution in [0.15, 0.2) is 71.8 Å². The van der Waals surface area contributed by atoms with Gasteiger partial charge in [-0.15, -0.1) is 0 Å². The normalized spacial score (nSPS) is 12.3. The Bertz CT molecular complexity index is 1410. The number of halogens is 7. The van der Waals surface area contributed by atoms with E-state index in [1.807, 2.05) is 36.4 Å². The Hall–Kier alpha value is -3.57. The lowest BCUT2D eigenvalue weighted by Gasteiger charge is -2.15. The van der Waals surface area contributed by atoms with Crippen molar-refractivity contribution in [1.82, 2.24) is 10.4 Å². The second kappa shape index (κ2) is 9.82. The molecule has 3 aromatic carbocycles. The van der Waals surface area contributed by atoms with Crippen molar-refractivity contribution in [3.05, 3.63) is 88.4 Å². The lowest BCUT2D eigenvalue weighted by molar-refractivity contribution is -0.143. The van der Waals surface area contributed by atoms with E-state index in [2.05, 4.69) is 20.8 Å². The first-order valence-electron chi connectivity index (χ1n) is 10.2. The van der Waals surface area contributed by atoms with Crippen LogP contribution in [0.5, 0.6) is 0 Å². The number of benzene rings is 3. The maximum Gasteiger partial charge on any atom is 0.416 e. The number of anilines is 1. The lowest BCUT2D eigenvalue weighted by atomic mass is 10.1. The molecule has 0 bridgehead atoms. The Morgan fingerprint density at radius 1 is 0.889 bits per heavy atom. The molecule has 4 rings (SSSR count). The summed E-state index contributed by atoms with van der Waals surface area (Å²) < 4.78 is 78.5. The summed E-state index contributed by atoms with van der Waals surface area (Å²) in [5.41, 5.74) is 2.08. The lowest BCUT2D eigenvalue weighted by Crippen LogP contribution is -2.24. The highest BCUT2D eigenvalue weighted by Crippen LogP contribution is 2.37. The standard InChI is InChI=1S/C24H15ClF6N4S/c25-16-7-5-13(6-8-16)21-19(18-3-1-2-4-20(18)34-21)12-32-35-22(36)33-17-10-14(23(26,27)28)9-15(11-17)24(29,30)31/h1-12,34H,(H2,33,35,36)/b32-12-. The third kappa shape index (κ3) is 5.80. The molecule has 1 heterocycles. The molecule has 0 saturated carbocycles. The van der Waals surface area contributed by atoms with Crippen LogP contribution >= 0.6 is 23.8 Å². The van der Waals surface area contributed by atoms with Gasteiger partial charge >= 0.3 is 12.4 Å². The SMILES string of the molecule is FC(F)(F)c1cc(NC(=S)N/N=C\c2c(-c3ccc(Cl)cc3)[nH]c3ccccc23)cc(C(F)(F)F)c1. The molecule has 12 heteroatoms. The summed E-state index contributed by atoms with van der Waals surface area (Å²) in [7, 11) is 0. The first-order chi connectivity index (χ1) is 16.9. The molecule has 4 aromatic rings. The van der Waals surface area contributed by atoms with Crippen LogP contribution in [0.2, 0.25) is 5.02 Å². The fourth-order valence-corrected chi connectivity index (χ4v) is 3.78. The second-order valence-electron chi connectivity index (χ2n) is 7.58. The number of hydrogen-bond acceptors (Lipinski definition) is 2. The number of H-pyrrole nitrogens is 1. The number of para-hydroxylation sites is 1. The van der Waals surface area contributed by atoms with E-state index >= 15 is 0 Å². The summed E-state index contributed by atoms with van der Waals surface area (Å²) in [5, 5.41) is 7.45. The number of nitrogens with one attached hydrogen (secondary N) is 3. The third-order valence-corrected chi connectivity index (χ3v) is 5.53. The van der Waals surface area contributed by atoms with E-state index in [0.29, 0.717) is 22.7 Å². The number of thiocarbonyl (C=S) groups is 1. The molecule has 36 heavy (non-hydrogen) atoms. The van der Waals surface area contributed by atoms with E-state index in [-0.39, 0.29) is 11.2 Å². The van der Waals surface area contributed by atoms with Gasteiger partial charge in [0.1, 0.15) is 0 Å². The van der Waals surface area contributed by atoms with Gasteiger partial charge in [-0.3, -0.25) is 5.43 Å². The van der Waals surface area contributed by atoms with Crippen LogP contribution in [-0.4, -0.2) is 16.3 Å². The van der Waals surface area contributed by atoms with Crippen molar-refractivity contribution in [3.63, 3.8) is 0 Å². The maximum absolute atomic E-state index is 13.1. The second-order valence-corrected chi connectivity index (χ2v) is 8.43. The minimum absolute atomic E-state index is 0.0368.